The van der Waals surface area contributed by atoms with Crippen LogP contribution in [0.1, 0.15) is 62.2 Å². The Hall–Kier alpha value is -1.79. The molecule has 5 nitrogen and oxygen atoms in total. The molecular weight excluding hydrogens is 359 g/mol. The average molecular weight is 390 g/mol. The zero-order valence-electron chi connectivity index (χ0n) is 16.7. The summed E-state index contributed by atoms with van der Waals surface area (Å²) in [7, 11) is 0. The number of unbranched alkanes of at least 4 members (excludes halogenated alkanes) is 1. The van der Waals surface area contributed by atoms with Gasteiger partial charge in [0.25, 0.3) is 0 Å². The number of benzene rings is 1. The van der Waals surface area contributed by atoms with Crippen molar-refractivity contribution >= 4 is 11.7 Å². The van der Waals surface area contributed by atoms with Crippen LogP contribution in [0, 0.1) is 5.82 Å². The standard InChI is InChI=1S/C22H31FN2O3/c1-2-3-6-20-21(27)24-16-22(28-20)11-14-25(15-12-22)13-4-5-19(26)17-7-9-18(23)10-8-17/h7-10,20H,2-6,11-16H2,1H3,(H,24,27). The molecule has 2 aliphatic rings. The van der Waals surface area contributed by atoms with Gasteiger partial charge in [0.2, 0.25) is 5.91 Å². The number of Topliss-reactive ketones (excluding diaryl/α,β-unsaturated/α-hetero) is 1. The van der Waals surface area contributed by atoms with Crippen LogP contribution in [-0.2, 0) is 9.53 Å². The second-order valence-corrected chi connectivity index (χ2v) is 8.02. The Balaban J connectivity index is 1.41. The Morgan fingerprint density at radius 2 is 1.96 bits per heavy atom. The van der Waals surface area contributed by atoms with Gasteiger partial charge in [0.1, 0.15) is 11.9 Å². The van der Waals surface area contributed by atoms with Crippen LogP contribution in [-0.4, -0.2) is 54.5 Å². The number of amides is 1. The van der Waals surface area contributed by atoms with Gasteiger partial charge >= 0.3 is 0 Å². The van der Waals surface area contributed by atoms with E-state index in [-0.39, 0.29) is 29.2 Å². The Morgan fingerprint density at radius 1 is 1.25 bits per heavy atom. The zero-order valence-corrected chi connectivity index (χ0v) is 16.7. The number of carbonyl (C=O) groups is 2. The number of rotatable bonds is 8. The van der Waals surface area contributed by atoms with E-state index in [1.54, 1.807) is 12.1 Å². The minimum absolute atomic E-state index is 0.0285. The fourth-order valence-electron chi connectivity index (χ4n) is 4.06. The molecule has 1 unspecified atom stereocenters. The highest BCUT2D eigenvalue weighted by atomic mass is 19.1. The lowest BCUT2D eigenvalue weighted by Crippen LogP contribution is -2.60. The van der Waals surface area contributed by atoms with E-state index in [1.165, 1.54) is 12.1 Å². The van der Waals surface area contributed by atoms with Gasteiger partial charge in [-0.25, -0.2) is 4.39 Å². The first kappa shape index (κ1) is 20.9. The molecule has 2 fully saturated rings. The number of ketones is 1. The Kier molecular flexibility index (Phi) is 7.18. The van der Waals surface area contributed by atoms with Gasteiger partial charge in [-0.15, -0.1) is 0 Å². The van der Waals surface area contributed by atoms with Gasteiger partial charge in [-0.1, -0.05) is 19.8 Å². The highest BCUT2D eigenvalue weighted by Crippen LogP contribution is 2.31. The van der Waals surface area contributed by atoms with Crippen molar-refractivity contribution in [2.24, 2.45) is 0 Å². The highest BCUT2D eigenvalue weighted by molar-refractivity contribution is 5.95. The van der Waals surface area contributed by atoms with Gasteiger partial charge in [-0.05, 0) is 56.5 Å². The predicted molar refractivity (Wildman–Crippen MR) is 106 cm³/mol. The highest BCUT2D eigenvalue weighted by Gasteiger charge is 2.42. The van der Waals surface area contributed by atoms with Crippen molar-refractivity contribution in [2.45, 2.75) is 63.6 Å². The third-order valence-corrected chi connectivity index (χ3v) is 5.90. The van der Waals surface area contributed by atoms with E-state index in [4.69, 9.17) is 4.74 Å². The molecule has 3 rings (SSSR count). The van der Waals surface area contributed by atoms with Crippen LogP contribution in [0.25, 0.3) is 0 Å². The first-order chi connectivity index (χ1) is 13.5. The van der Waals surface area contributed by atoms with Crippen LogP contribution in [0.2, 0.25) is 0 Å². The quantitative estimate of drug-likeness (QED) is 0.692. The number of carbonyl (C=O) groups excluding carboxylic acids is 2. The molecule has 1 aromatic rings. The average Bonchev–Trinajstić information content (AvgIpc) is 2.71. The fraction of sp³-hybridized carbons (Fsp3) is 0.636. The maximum atomic E-state index is 13.0. The summed E-state index contributed by atoms with van der Waals surface area (Å²) in [6.07, 6.45) is 5.61. The first-order valence-electron chi connectivity index (χ1n) is 10.5. The first-order valence-corrected chi connectivity index (χ1v) is 10.5. The summed E-state index contributed by atoms with van der Waals surface area (Å²) in [5.74, 6) is -0.233. The zero-order chi connectivity index (χ0) is 20.0. The summed E-state index contributed by atoms with van der Waals surface area (Å²) in [6.45, 7) is 5.43. The summed E-state index contributed by atoms with van der Waals surface area (Å²) in [4.78, 5) is 26.6. The van der Waals surface area contributed by atoms with Gasteiger partial charge in [-0.3, -0.25) is 9.59 Å². The number of morpholine rings is 1. The molecular formula is C22H31FN2O3. The smallest absolute Gasteiger partial charge is 0.249 e. The molecule has 154 valence electrons. The molecule has 2 saturated heterocycles. The van der Waals surface area contributed by atoms with Crippen LogP contribution in [0.3, 0.4) is 0 Å². The molecule has 28 heavy (non-hydrogen) atoms. The second kappa shape index (κ2) is 9.61. The molecule has 1 spiro atoms. The number of nitrogens with zero attached hydrogens (tertiary/aromatic N) is 1. The summed E-state index contributed by atoms with van der Waals surface area (Å²) >= 11 is 0. The molecule has 0 aliphatic carbocycles. The largest absolute Gasteiger partial charge is 0.360 e. The molecule has 6 heteroatoms. The van der Waals surface area contributed by atoms with Gasteiger partial charge in [0, 0.05) is 31.6 Å². The van der Waals surface area contributed by atoms with E-state index in [0.29, 0.717) is 18.5 Å². The molecule has 0 radical (unpaired) electrons. The number of likely N-dealkylation sites (tertiary alicyclic amines) is 1. The van der Waals surface area contributed by atoms with Crippen LogP contribution < -0.4 is 5.32 Å². The van der Waals surface area contributed by atoms with Crippen molar-refractivity contribution in [1.29, 1.82) is 0 Å². The van der Waals surface area contributed by atoms with Crippen molar-refractivity contribution in [2.75, 3.05) is 26.2 Å². The molecule has 0 aromatic heterocycles. The van der Waals surface area contributed by atoms with Crippen LogP contribution in [0.15, 0.2) is 24.3 Å². The molecule has 2 aliphatic heterocycles. The topological polar surface area (TPSA) is 58.6 Å². The number of nitrogens with one attached hydrogen (secondary N) is 1. The molecule has 0 bridgehead atoms. The van der Waals surface area contributed by atoms with E-state index in [1.807, 2.05) is 0 Å². The fourth-order valence-corrected chi connectivity index (χ4v) is 4.06. The van der Waals surface area contributed by atoms with Crippen LogP contribution in [0.4, 0.5) is 4.39 Å². The van der Waals surface area contributed by atoms with E-state index < -0.39 is 0 Å². The molecule has 0 saturated carbocycles. The molecule has 1 N–H and O–H groups in total. The number of halogens is 1. The second-order valence-electron chi connectivity index (χ2n) is 8.02. The van der Waals surface area contributed by atoms with Gasteiger partial charge < -0.3 is 15.0 Å². The van der Waals surface area contributed by atoms with Gasteiger partial charge in [0.05, 0.1) is 5.60 Å². The number of piperidine rings is 1. The van der Waals surface area contributed by atoms with Gasteiger partial charge in [0.15, 0.2) is 5.78 Å². The minimum Gasteiger partial charge on any atom is -0.360 e. The monoisotopic (exact) mass is 390 g/mol. The minimum atomic E-state index is -0.322. The number of ether oxygens (including phenoxy) is 1. The Morgan fingerprint density at radius 3 is 2.64 bits per heavy atom. The van der Waals surface area contributed by atoms with Crippen molar-refractivity contribution in [3.05, 3.63) is 35.6 Å². The number of hydrogen-bond donors (Lipinski definition) is 1. The molecule has 1 aromatic carbocycles. The van der Waals surface area contributed by atoms with Crippen LogP contribution >= 0.6 is 0 Å². The van der Waals surface area contributed by atoms with E-state index in [0.717, 1.165) is 58.2 Å². The summed E-state index contributed by atoms with van der Waals surface area (Å²) in [5.41, 5.74) is 0.343. The maximum Gasteiger partial charge on any atom is 0.249 e. The SMILES string of the molecule is CCCCC1OC2(CCN(CCCC(=O)c3ccc(F)cc3)CC2)CNC1=O. The van der Waals surface area contributed by atoms with Gasteiger partial charge in [-0.2, -0.15) is 0 Å². The third-order valence-electron chi connectivity index (χ3n) is 5.90. The molecule has 1 amide bonds. The maximum absolute atomic E-state index is 13.0. The van der Waals surface area contributed by atoms with Crippen LogP contribution in [0.5, 0.6) is 0 Å². The number of hydrogen-bond acceptors (Lipinski definition) is 4. The predicted octanol–water partition coefficient (Wildman–Crippen LogP) is 3.33. The lowest BCUT2D eigenvalue weighted by Gasteiger charge is -2.46. The lowest BCUT2D eigenvalue weighted by atomic mass is 9.88. The molecule has 2 heterocycles. The van der Waals surface area contributed by atoms with Crippen molar-refractivity contribution in [1.82, 2.24) is 10.2 Å². The summed E-state index contributed by atoms with van der Waals surface area (Å²) < 4.78 is 19.2. The van der Waals surface area contributed by atoms with Crippen molar-refractivity contribution < 1.29 is 18.7 Å². The Bertz CT molecular complexity index is 669. The normalized spacial score (nSPS) is 22.2. The molecule has 1 atom stereocenters. The van der Waals surface area contributed by atoms with Crippen molar-refractivity contribution in [3.63, 3.8) is 0 Å². The van der Waals surface area contributed by atoms with E-state index >= 15 is 0 Å². The lowest BCUT2D eigenvalue weighted by molar-refractivity contribution is -0.171. The van der Waals surface area contributed by atoms with E-state index in [2.05, 4.69) is 17.1 Å². The third kappa shape index (κ3) is 5.39. The van der Waals surface area contributed by atoms with Crippen molar-refractivity contribution in [3.8, 4) is 0 Å². The summed E-state index contributed by atoms with van der Waals surface area (Å²) in [5, 5.41) is 3.04. The van der Waals surface area contributed by atoms with E-state index in [9.17, 15) is 14.0 Å². The summed E-state index contributed by atoms with van der Waals surface area (Å²) in [6, 6.07) is 5.75. The Labute approximate surface area is 166 Å².